The fourth-order valence-corrected chi connectivity index (χ4v) is 2.89. The summed E-state index contributed by atoms with van der Waals surface area (Å²) in [5.74, 6) is 0.0776. The summed E-state index contributed by atoms with van der Waals surface area (Å²) in [6.45, 7) is 4.26. The van der Waals surface area contributed by atoms with Gasteiger partial charge in [-0.05, 0) is 23.3 Å². The number of piperazine rings is 1. The van der Waals surface area contributed by atoms with Gasteiger partial charge in [0, 0.05) is 38.3 Å². The van der Waals surface area contributed by atoms with Gasteiger partial charge in [0.25, 0.3) is 5.91 Å². The molecule has 1 aliphatic rings. The van der Waals surface area contributed by atoms with Crippen LogP contribution in [-0.4, -0.2) is 47.0 Å². The Hall–Kier alpha value is -2.17. The highest BCUT2D eigenvalue weighted by Crippen LogP contribution is 2.12. The fraction of sp³-hybridized carbons (Fsp3) is 0.316. The van der Waals surface area contributed by atoms with Gasteiger partial charge in [-0.25, -0.2) is 0 Å². The Morgan fingerprint density at radius 2 is 1.52 bits per heavy atom. The molecular weight excluding hydrogens is 288 g/mol. The van der Waals surface area contributed by atoms with Crippen molar-refractivity contribution < 1.29 is 9.90 Å². The standard InChI is InChI=1S/C19H22N2O2/c22-15-17-6-8-18(9-7-17)19(23)21-12-10-20(11-13-21)14-16-4-2-1-3-5-16/h1-9,22H,10-15H2. The molecule has 0 saturated carbocycles. The molecule has 1 heterocycles. The summed E-state index contributed by atoms with van der Waals surface area (Å²) in [6, 6.07) is 17.6. The first-order valence-corrected chi connectivity index (χ1v) is 8.01. The van der Waals surface area contributed by atoms with E-state index >= 15 is 0 Å². The molecule has 0 bridgehead atoms. The van der Waals surface area contributed by atoms with Crippen LogP contribution in [0.2, 0.25) is 0 Å². The van der Waals surface area contributed by atoms with Crippen molar-refractivity contribution in [1.82, 2.24) is 9.80 Å². The molecule has 0 radical (unpaired) electrons. The number of nitrogens with zero attached hydrogens (tertiary/aromatic N) is 2. The van der Waals surface area contributed by atoms with Crippen LogP contribution in [0.4, 0.5) is 0 Å². The van der Waals surface area contributed by atoms with E-state index < -0.39 is 0 Å². The average Bonchev–Trinajstić information content (AvgIpc) is 2.63. The Morgan fingerprint density at radius 1 is 0.870 bits per heavy atom. The number of hydrogen-bond donors (Lipinski definition) is 1. The van der Waals surface area contributed by atoms with Gasteiger partial charge in [-0.1, -0.05) is 42.5 Å². The van der Waals surface area contributed by atoms with Gasteiger partial charge in [-0.3, -0.25) is 9.69 Å². The Bertz CT molecular complexity index is 632. The Balaban J connectivity index is 1.54. The van der Waals surface area contributed by atoms with Gasteiger partial charge in [0.15, 0.2) is 0 Å². The van der Waals surface area contributed by atoms with Crippen LogP contribution >= 0.6 is 0 Å². The summed E-state index contributed by atoms with van der Waals surface area (Å²) in [4.78, 5) is 16.8. The zero-order chi connectivity index (χ0) is 16.1. The lowest BCUT2D eigenvalue weighted by Crippen LogP contribution is -2.48. The number of carbonyl (C=O) groups excluding carboxylic acids is 1. The maximum atomic E-state index is 12.5. The molecule has 0 aliphatic carbocycles. The fourth-order valence-electron chi connectivity index (χ4n) is 2.89. The van der Waals surface area contributed by atoms with Gasteiger partial charge in [0.05, 0.1) is 6.61 Å². The second kappa shape index (κ2) is 7.40. The summed E-state index contributed by atoms with van der Waals surface area (Å²) >= 11 is 0. The Morgan fingerprint density at radius 3 is 2.13 bits per heavy atom. The molecule has 23 heavy (non-hydrogen) atoms. The number of carbonyl (C=O) groups is 1. The van der Waals surface area contributed by atoms with Crippen LogP contribution in [0.15, 0.2) is 54.6 Å². The zero-order valence-electron chi connectivity index (χ0n) is 13.2. The molecular formula is C19H22N2O2. The molecule has 0 spiro atoms. The van der Waals surface area contributed by atoms with Crippen molar-refractivity contribution in [3.63, 3.8) is 0 Å². The quantitative estimate of drug-likeness (QED) is 0.941. The molecule has 0 aromatic heterocycles. The van der Waals surface area contributed by atoms with Crippen molar-refractivity contribution >= 4 is 5.91 Å². The third-order valence-corrected chi connectivity index (χ3v) is 4.29. The molecule has 1 saturated heterocycles. The first-order chi connectivity index (χ1) is 11.3. The summed E-state index contributed by atoms with van der Waals surface area (Å²) < 4.78 is 0. The minimum atomic E-state index is 0.00658. The predicted molar refractivity (Wildman–Crippen MR) is 90.0 cm³/mol. The van der Waals surface area contributed by atoms with Crippen molar-refractivity contribution in [2.45, 2.75) is 13.2 Å². The second-order valence-electron chi connectivity index (χ2n) is 5.91. The van der Waals surface area contributed by atoms with E-state index in [1.165, 1.54) is 5.56 Å². The van der Waals surface area contributed by atoms with Crippen molar-refractivity contribution in [2.75, 3.05) is 26.2 Å². The van der Waals surface area contributed by atoms with Crippen LogP contribution < -0.4 is 0 Å². The predicted octanol–water partition coefficient (Wildman–Crippen LogP) is 2.14. The first-order valence-electron chi connectivity index (χ1n) is 8.01. The smallest absolute Gasteiger partial charge is 0.253 e. The highest BCUT2D eigenvalue weighted by atomic mass is 16.3. The lowest BCUT2D eigenvalue weighted by molar-refractivity contribution is 0.0628. The molecule has 1 fully saturated rings. The Kier molecular flexibility index (Phi) is 5.05. The number of rotatable bonds is 4. The minimum absolute atomic E-state index is 0.00658. The van der Waals surface area contributed by atoms with Gasteiger partial charge in [-0.2, -0.15) is 0 Å². The lowest BCUT2D eigenvalue weighted by Gasteiger charge is -2.34. The highest BCUT2D eigenvalue weighted by Gasteiger charge is 2.22. The molecule has 3 rings (SSSR count). The molecule has 1 N–H and O–H groups in total. The molecule has 1 amide bonds. The maximum absolute atomic E-state index is 12.5. The first kappa shape index (κ1) is 15.7. The van der Waals surface area contributed by atoms with E-state index in [1.54, 1.807) is 24.3 Å². The van der Waals surface area contributed by atoms with Crippen molar-refractivity contribution in [2.24, 2.45) is 0 Å². The molecule has 2 aromatic carbocycles. The Labute approximate surface area is 137 Å². The third kappa shape index (κ3) is 3.97. The molecule has 2 aromatic rings. The van der Waals surface area contributed by atoms with E-state index in [0.717, 1.165) is 38.3 Å². The van der Waals surface area contributed by atoms with Crippen LogP contribution in [0.3, 0.4) is 0 Å². The lowest BCUT2D eigenvalue weighted by atomic mass is 10.1. The van der Waals surface area contributed by atoms with Crippen LogP contribution in [0.1, 0.15) is 21.5 Å². The van der Waals surface area contributed by atoms with Gasteiger partial charge < -0.3 is 10.0 Å². The van der Waals surface area contributed by atoms with Crippen LogP contribution in [0, 0.1) is 0 Å². The van der Waals surface area contributed by atoms with E-state index in [1.807, 2.05) is 11.0 Å². The maximum Gasteiger partial charge on any atom is 0.253 e. The van der Waals surface area contributed by atoms with Crippen molar-refractivity contribution in [1.29, 1.82) is 0 Å². The van der Waals surface area contributed by atoms with Crippen LogP contribution in [0.5, 0.6) is 0 Å². The van der Waals surface area contributed by atoms with Crippen LogP contribution in [-0.2, 0) is 13.2 Å². The largest absolute Gasteiger partial charge is 0.392 e. The second-order valence-corrected chi connectivity index (χ2v) is 5.91. The van der Waals surface area contributed by atoms with Gasteiger partial charge in [-0.15, -0.1) is 0 Å². The number of aliphatic hydroxyl groups excluding tert-OH is 1. The van der Waals surface area contributed by atoms with Gasteiger partial charge >= 0.3 is 0 Å². The van der Waals surface area contributed by atoms with E-state index in [2.05, 4.69) is 29.2 Å². The topological polar surface area (TPSA) is 43.8 Å². The number of hydrogen-bond acceptors (Lipinski definition) is 3. The van der Waals surface area contributed by atoms with Gasteiger partial charge in [0.1, 0.15) is 0 Å². The number of aliphatic hydroxyl groups is 1. The van der Waals surface area contributed by atoms with E-state index in [-0.39, 0.29) is 12.5 Å². The van der Waals surface area contributed by atoms with E-state index in [0.29, 0.717) is 5.56 Å². The average molecular weight is 310 g/mol. The monoisotopic (exact) mass is 310 g/mol. The van der Waals surface area contributed by atoms with Crippen molar-refractivity contribution in [3.8, 4) is 0 Å². The normalized spacial score (nSPS) is 15.6. The minimum Gasteiger partial charge on any atom is -0.392 e. The van der Waals surface area contributed by atoms with Crippen LogP contribution in [0.25, 0.3) is 0 Å². The molecule has 1 aliphatic heterocycles. The summed E-state index contributed by atoms with van der Waals surface area (Å²) in [6.07, 6.45) is 0. The number of benzene rings is 2. The summed E-state index contributed by atoms with van der Waals surface area (Å²) in [7, 11) is 0. The SMILES string of the molecule is O=C(c1ccc(CO)cc1)N1CCN(Cc2ccccc2)CC1. The molecule has 4 nitrogen and oxygen atoms in total. The number of amides is 1. The van der Waals surface area contributed by atoms with E-state index in [9.17, 15) is 4.79 Å². The van der Waals surface area contributed by atoms with E-state index in [4.69, 9.17) is 5.11 Å². The molecule has 4 heteroatoms. The molecule has 0 atom stereocenters. The third-order valence-electron chi connectivity index (χ3n) is 4.29. The molecule has 120 valence electrons. The van der Waals surface area contributed by atoms with Crippen molar-refractivity contribution in [3.05, 3.63) is 71.3 Å². The summed E-state index contributed by atoms with van der Waals surface area (Å²) in [5, 5.41) is 9.07. The van der Waals surface area contributed by atoms with Gasteiger partial charge in [0.2, 0.25) is 0 Å². The molecule has 0 unspecified atom stereocenters. The zero-order valence-corrected chi connectivity index (χ0v) is 13.2. The summed E-state index contributed by atoms with van der Waals surface area (Å²) in [5.41, 5.74) is 2.83. The highest BCUT2D eigenvalue weighted by molar-refractivity contribution is 5.94.